The number of H-pyrrole nitrogens is 1. The van der Waals surface area contributed by atoms with Crippen LogP contribution in [0.2, 0.25) is 0 Å². The zero-order valence-electron chi connectivity index (χ0n) is 12.6. The Bertz CT molecular complexity index is 711. The molecule has 1 amide bonds. The molecule has 4 rings (SSSR count). The fraction of sp³-hybridized carbons (Fsp3) is 0.529. The molecular formula is C17H21N3O2. The van der Waals surface area contributed by atoms with E-state index in [0.717, 1.165) is 49.6 Å². The van der Waals surface area contributed by atoms with Crippen molar-refractivity contribution >= 4 is 16.8 Å². The number of hydrogen-bond acceptors (Lipinski definition) is 3. The quantitative estimate of drug-likeness (QED) is 0.849. The summed E-state index contributed by atoms with van der Waals surface area (Å²) < 4.78 is 0. The SMILES string of the molecule is O=C(c1n[nH]c2ccccc12)N1CCC[C@@]2(CCC[C@H]2O)C1. The molecule has 2 atom stereocenters. The molecule has 1 aliphatic carbocycles. The zero-order valence-corrected chi connectivity index (χ0v) is 12.6. The number of nitrogens with zero attached hydrogens (tertiary/aromatic N) is 2. The molecule has 1 saturated carbocycles. The number of amides is 1. The van der Waals surface area contributed by atoms with Crippen LogP contribution in [0.15, 0.2) is 24.3 Å². The maximum atomic E-state index is 12.9. The first kappa shape index (κ1) is 13.8. The van der Waals surface area contributed by atoms with Crippen molar-refractivity contribution in [1.29, 1.82) is 0 Å². The van der Waals surface area contributed by atoms with E-state index < -0.39 is 0 Å². The third-order valence-corrected chi connectivity index (χ3v) is 5.43. The predicted molar refractivity (Wildman–Crippen MR) is 83.5 cm³/mol. The van der Waals surface area contributed by atoms with E-state index in [9.17, 15) is 9.90 Å². The van der Waals surface area contributed by atoms with Gasteiger partial charge in [-0.05, 0) is 31.7 Å². The van der Waals surface area contributed by atoms with Gasteiger partial charge in [0, 0.05) is 23.9 Å². The molecule has 2 heterocycles. The maximum Gasteiger partial charge on any atom is 0.275 e. The molecule has 0 bridgehead atoms. The molecule has 0 unspecified atom stereocenters. The number of nitrogens with one attached hydrogen (secondary N) is 1. The second-order valence-electron chi connectivity index (χ2n) is 6.72. The van der Waals surface area contributed by atoms with Crippen LogP contribution in [0, 0.1) is 5.41 Å². The predicted octanol–water partition coefficient (Wildman–Crippen LogP) is 2.33. The highest BCUT2D eigenvalue weighted by molar-refractivity contribution is 6.04. The third-order valence-electron chi connectivity index (χ3n) is 5.43. The van der Waals surface area contributed by atoms with Crippen LogP contribution in [-0.2, 0) is 0 Å². The Balaban J connectivity index is 1.62. The molecule has 1 aromatic heterocycles. The Kier molecular flexibility index (Phi) is 3.18. The average molecular weight is 299 g/mol. The van der Waals surface area contributed by atoms with Crippen LogP contribution >= 0.6 is 0 Å². The smallest absolute Gasteiger partial charge is 0.275 e. The molecule has 2 fully saturated rings. The Morgan fingerprint density at radius 3 is 2.95 bits per heavy atom. The summed E-state index contributed by atoms with van der Waals surface area (Å²) in [6, 6.07) is 7.71. The van der Waals surface area contributed by atoms with Crippen LogP contribution in [0.5, 0.6) is 0 Å². The van der Waals surface area contributed by atoms with Crippen molar-refractivity contribution in [1.82, 2.24) is 15.1 Å². The van der Waals surface area contributed by atoms with Gasteiger partial charge in [-0.25, -0.2) is 0 Å². The normalized spacial score (nSPS) is 28.6. The summed E-state index contributed by atoms with van der Waals surface area (Å²) in [4.78, 5) is 14.8. The number of likely N-dealkylation sites (tertiary alicyclic amines) is 1. The fourth-order valence-corrected chi connectivity index (χ4v) is 4.21. The van der Waals surface area contributed by atoms with Gasteiger partial charge in [0.15, 0.2) is 5.69 Å². The van der Waals surface area contributed by atoms with Crippen LogP contribution in [0.3, 0.4) is 0 Å². The van der Waals surface area contributed by atoms with Crippen LogP contribution in [-0.4, -0.2) is 45.3 Å². The van der Waals surface area contributed by atoms with E-state index >= 15 is 0 Å². The summed E-state index contributed by atoms with van der Waals surface area (Å²) in [7, 11) is 0. The molecule has 5 heteroatoms. The van der Waals surface area contributed by atoms with Gasteiger partial charge >= 0.3 is 0 Å². The van der Waals surface area contributed by atoms with Crippen molar-refractivity contribution in [2.75, 3.05) is 13.1 Å². The van der Waals surface area contributed by atoms with Crippen LogP contribution in [0.4, 0.5) is 0 Å². The molecule has 2 aromatic rings. The minimum absolute atomic E-state index is 0.0179. The third kappa shape index (κ3) is 2.03. The van der Waals surface area contributed by atoms with Gasteiger partial charge in [-0.3, -0.25) is 9.89 Å². The Labute approximate surface area is 129 Å². The van der Waals surface area contributed by atoms with E-state index in [1.807, 2.05) is 29.2 Å². The first-order valence-electron chi connectivity index (χ1n) is 8.10. The van der Waals surface area contributed by atoms with Gasteiger partial charge < -0.3 is 10.0 Å². The zero-order chi connectivity index (χ0) is 15.2. The van der Waals surface area contributed by atoms with E-state index in [1.165, 1.54) is 0 Å². The number of carbonyl (C=O) groups is 1. The molecule has 5 nitrogen and oxygen atoms in total. The van der Waals surface area contributed by atoms with Gasteiger partial charge in [-0.1, -0.05) is 24.6 Å². The largest absolute Gasteiger partial charge is 0.392 e. The molecule has 2 aliphatic rings. The lowest BCUT2D eigenvalue weighted by Gasteiger charge is -2.42. The van der Waals surface area contributed by atoms with E-state index in [2.05, 4.69) is 10.2 Å². The van der Waals surface area contributed by atoms with Gasteiger partial charge in [-0.2, -0.15) is 5.10 Å². The average Bonchev–Trinajstić information content (AvgIpc) is 3.12. The summed E-state index contributed by atoms with van der Waals surface area (Å²) in [5, 5.41) is 18.4. The number of para-hydroxylation sites is 1. The minimum atomic E-state index is -0.265. The Hall–Kier alpha value is -1.88. The Morgan fingerprint density at radius 1 is 1.32 bits per heavy atom. The number of aromatic nitrogens is 2. The molecule has 1 aliphatic heterocycles. The van der Waals surface area contributed by atoms with Crippen molar-refractivity contribution in [2.45, 2.75) is 38.2 Å². The molecule has 1 aromatic carbocycles. The molecule has 116 valence electrons. The highest BCUT2D eigenvalue weighted by Crippen LogP contribution is 2.45. The maximum absolute atomic E-state index is 12.9. The van der Waals surface area contributed by atoms with E-state index in [0.29, 0.717) is 12.2 Å². The number of aromatic amines is 1. The first-order chi connectivity index (χ1) is 10.7. The molecule has 22 heavy (non-hydrogen) atoms. The molecule has 1 spiro atoms. The molecule has 2 N–H and O–H groups in total. The number of rotatable bonds is 1. The van der Waals surface area contributed by atoms with Crippen LogP contribution < -0.4 is 0 Å². The number of aliphatic hydroxyl groups is 1. The van der Waals surface area contributed by atoms with Crippen molar-refractivity contribution in [3.63, 3.8) is 0 Å². The first-order valence-corrected chi connectivity index (χ1v) is 8.10. The summed E-state index contributed by atoms with van der Waals surface area (Å²) in [6.07, 6.45) is 4.69. The van der Waals surface area contributed by atoms with E-state index in [4.69, 9.17) is 0 Å². The van der Waals surface area contributed by atoms with Crippen molar-refractivity contribution in [2.24, 2.45) is 5.41 Å². The summed E-state index contributed by atoms with van der Waals surface area (Å²) in [5.41, 5.74) is 1.30. The number of benzene rings is 1. The monoisotopic (exact) mass is 299 g/mol. The number of aliphatic hydroxyl groups excluding tert-OH is 1. The minimum Gasteiger partial charge on any atom is -0.392 e. The number of fused-ring (bicyclic) bond motifs is 1. The van der Waals surface area contributed by atoms with Crippen molar-refractivity contribution in [3.05, 3.63) is 30.0 Å². The van der Waals surface area contributed by atoms with Gasteiger partial charge in [0.05, 0.1) is 11.6 Å². The summed E-state index contributed by atoms with van der Waals surface area (Å²) in [5.74, 6) is -0.0179. The highest BCUT2D eigenvalue weighted by atomic mass is 16.3. The van der Waals surface area contributed by atoms with Crippen LogP contribution in [0.1, 0.15) is 42.6 Å². The second kappa shape index (κ2) is 5.09. The highest BCUT2D eigenvalue weighted by Gasteiger charge is 2.45. The van der Waals surface area contributed by atoms with Gasteiger partial charge in [0.2, 0.25) is 0 Å². The summed E-state index contributed by atoms with van der Waals surface area (Å²) in [6.45, 7) is 1.42. The Morgan fingerprint density at radius 2 is 2.14 bits per heavy atom. The lowest BCUT2D eigenvalue weighted by molar-refractivity contribution is -0.00548. The van der Waals surface area contributed by atoms with Crippen molar-refractivity contribution in [3.8, 4) is 0 Å². The molecule has 0 radical (unpaired) electrons. The van der Waals surface area contributed by atoms with Crippen molar-refractivity contribution < 1.29 is 9.90 Å². The van der Waals surface area contributed by atoms with E-state index in [1.54, 1.807) is 0 Å². The second-order valence-corrected chi connectivity index (χ2v) is 6.72. The lowest BCUT2D eigenvalue weighted by Crippen LogP contribution is -2.49. The molecular weight excluding hydrogens is 278 g/mol. The molecule has 1 saturated heterocycles. The fourth-order valence-electron chi connectivity index (χ4n) is 4.21. The lowest BCUT2D eigenvalue weighted by atomic mass is 9.76. The number of hydrogen-bond donors (Lipinski definition) is 2. The summed E-state index contributed by atoms with van der Waals surface area (Å²) >= 11 is 0. The number of piperidine rings is 1. The van der Waals surface area contributed by atoms with Gasteiger partial charge in [0.1, 0.15) is 0 Å². The number of carbonyl (C=O) groups excluding carboxylic acids is 1. The van der Waals surface area contributed by atoms with Gasteiger partial charge in [-0.15, -0.1) is 0 Å². The topological polar surface area (TPSA) is 69.2 Å². The van der Waals surface area contributed by atoms with Gasteiger partial charge in [0.25, 0.3) is 5.91 Å². The van der Waals surface area contributed by atoms with Crippen LogP contribution in [0.25, 0.3) is 10.9 Å². The van der Waals surface area contributed by atoms with E-state index in [-0.39, 0.29) is 17.4 Å². The standard InChI is InChI=1S/C17H21N3O2/c21-14-7-3-8-17(14)9-4-10-20(11-17)16(22)15-12-5-1-2-6-13(12)18-19-15/h1-2,5-6,14,21H,3-4,7-11H2,(H,18,19)/t14-,17+/m1/s1.